The second-order valence-corrected chi connectivity index (χ2v) is 51.8. The molecule has 12 aliphatic rings. The first kappa shape index (κ1) is 67.8. The van der Waals surface area contributed by atoms with E-state index in [0.29, 0.717) is 66.7 Å². The van der Waals surface area contributed by atoms with Crippen molar-refractivity contribution in [1.82, 2.24) is 31.0 Å². The van der Waals surface area contributed by atoms with Crippen LogP contribution >= 0.6 is 73.3 Å². The predicted molar refractivity (Wildman–Crippen MR) is 382 cm³/mol. The van der Waals surface area contributed by atoms with Crippen molar-refractivity contribution in [1.29, 1.82) is 0 Å². The van der Waals surface area contributed by atoms with E-state index in [1.807, 2.05) is 6.08 Å². The van der Waals surface area contributed by atoms with E-state index in [4.69, 9.17) is 53.2 Å². The van der Waals surface area contributed by atoms with Gasteiger partial charge in [-0.3, -0.25) is 19.8 Å². The smallest absolute Gasteiger partial charge is 0.101 e. The Bertz CT molecular complexity index is 3320. The molecule has 14 rings (SSSR count). The van der Waals surface area contributed by atoms with Crippen LogP contribution < -0.4 is 41.1 Å². The molecule has 11 nitrogen and oxygen atoms in total. The Morgan fingerprint density at radius 1 is 0.591 bits per heavy atom. The van der Waals surface area contributed by atoms with Crippen molar-refractivity contribution in [2.45, 2.75) is 230 Å². The van der Waals surface area contributed by atoms with Crippen molar-refractivity contribution < 1.29 is 22.8 Å². The number of nitrogens with two attached hydrogens (primary N) is 3. The number of hydrogen-bond acceptors (Lipinski definition) is 9. The normalized spacial score (nSPS) is 41.2. The summed E-state index contributed by atoms with van der Waals surface area (Å²) < 4.78 is 0. The van der Waals surface area contributed by atoms with Gasteiger partial charge in [0.05, 0.1) is 16.9 Å². The first-order chi connectivity index (χ1) is 40.9. The number of aromatic nitrogens is 4. The zero-order valence-electron chi connectivity index (χ0n) is 55.4. The van der Waals surface area contributed by atoms with Gasteiger partial charge in [0.15, 0.2) is 0 Å². The maximum absolute atomic E-state index is 14.4. The fraction of sp³-hybridized carbons (Fsp3) is 0.746. The van der Waals surface area contributed by atoms with Crippen LogP contribution in [0.5, 0.6) is 0 Å². The van der Waals surface area contributed by atoms with Gasteiger partial charge in [-0.1, -0.05) is 145 Å². The molecule has 10 N–H and O–H groups in total. The third-order valence-electron chi connectivity index (χ3n) is 28.7. The van der Waals surface area contributed by atoms with E-state index in [0.717, 1.165) is 119 Å². The van der Waals surface area contributed by atoms with Crippen LogP contribution in [0.1, 0.15) is 229 Å². The Balaban J connectivity index is 0.000000159. The van der Waals surface area contributed by atoms with Gasteiger partial charge in [-0.2, -0.15) is 10.2 Å². The summed E-state index contributed by atoms with van der Waals surface area (Å²) in [6.45, 7) is 36.3. The van der Waals surface area contributed by atoms with Crippen LogP contribution in [0.25, 0.3) is 0 Å². The van der Waals surface area contributed by atoms with Gasteiger partial charge in [0.2, 0.25) is 5.24 Å². The number of ketones is 1. The largest absolute Gasteiger partial charge is 0.401 e. The molecule has 486 valence electrons. The third-order valence-corrected chi connectivity index (χ3v) is 29.6. The van der Waals surface area contributed by atoms with Gasteiger partial charge in [0, 0.05) is 57.4 Å². The van der Waals surface area contributed by atoms with Gasteiger partial charge in [-0.25, -0.2) is 0 Å². The molecule has 0 saturated heterocycles. The Hall–Kier alpha value is -1.62. The van der Waals surface area contributed by atoms with Crippen LogP contribution in [0, 0.1) is 89.7 Å². The minimum atomic E-state index is -0.361. The molecule has 0 bridgehead atoms. The molecule has 6 saturated carbocycles. The van der Waals surface area contributed by atoms with E-state index in [1.165, 1.54) is 53.8 Å². The van der Waals surface area contributed by atoms with Crippen LogP contribution in [0.3, 0.4) is 0 Å². The molecule has 6 fully saturated rings. The summed E-state index contributed by atoms with van der Waals surface area (Å²) in [5.74, 6) is 4.83. The fourth-order valence-corrected chi connectivity index (χ4v) is 24.5. The number of anilines is 2. The van der Waals surface area contributed by atoms with Crippen molar-refractivity contribution in [2.24, 2.45) is 95.4 Å². The number of thiocarbonyl (C=S) groups is 2. The molecule has 2 aromatic heterocycles. The second kappa shape index (κ2) is 23.1. The standard InChI is InChI=1S/C36H52N4OS.C31H46ClN3O.C4H6N2S.I3/c1-31(2)12-14-36(27(41)16-21-17-28(42)38-20-21)15-13-34(6)23(24(36)19-31)8-9-26-33(5)18-22-29(39-40-30(22)37)32(3,4)25(33)10-11-35(26,34)7;1-26(2)12-14-31(25(32)36)15-13-29(6)19(20(31)17-26)8-9-22-28(5)16-18-23(34-35-24(18)33)27(3,4)21(28)10-11-30(22,29)7;5-3-1-4(7)6-2-3;1-3-2/h8,17,24-26H,9-16,18-20H2,1-7H3,(H,38,42)(H3,37,39,40);8,20-22H,9-17H2,1-7H3,(H3,33,34,35);1H,2,5H2,(H,6,7);/q;;;-1/t24?,25?,26?,33-,34+,35+,36-;20?,21?,22?,28-,29+,30+,31-;;/m00../s1. The van der Waals surface area contributed by atoms with Gasteiger partial charge < -0.3 is 27.8 Å². The molecular weight excluding hydrogens is 1490 g/mol. The van der Waals surface area contributed by atoms with Crippen LogP contribution in [-0.4, -0.2) is 54.5 Å². The van der Waals surface area contributed by atoms with Crippen molar-refractivity contribution in [3.05, 3.63) is 69.2 Å². The molecule has 2 aromatic rings. The van der Waals surface area contributed by atoms with Gasteiger partial charge in [-0.15, -0.1) is 0 Å². The number of nitrogens with zero attached hydrogens (tertiary/aromatic N) is 2. The van der Waals surface area contributed by atoms with E-state index in [-0.39, 0.29) is 76.1 Å². The number of nitrogens with one attached hydrogen (secondary N) is 4. The Labute approximate surface area is 573 Å². The number of hydrogen-bond donors (Lipinski definition) is 7. The van der Waals surface area contributed by atoms with Gasteiger partial charge in [0.25, 0.3) is 0 Å². The maximum atomic E-state index is 14.4. The predicted octanol–water partition coefficient (Wildman–Crippen LogP) is 13.7. The first-order valence-electron chi connectivity index (χ1n) is 33.3. The summed E-state index contributed by atoms with van der Waals surface area (Å²) >= 11 is 21.9. The van der Waals surface area contributed by atoms with E-state index in [2.05, 4.69) is 177 Å². The minimum Gasteiger partial charge on any atom is -0.401 e. The monoisotopic (exact) mass is 1590 g/mol. The zero-order valence-corrected chi connectivity index (χ0v) is 64.3. The minimum absolute atomic E-state index is 0.0206. The van der Waals surface area contributed by atoms with Gasteiger partial charge in [-0.05, 0) is 224 Å². The molecule has 2 aliphatic heterocycles. The number of nitrogen functional groups attached to an aromatic ring is 2. The molecule has 88 heavy (non-hydrogen) atoms. The number of allylic oxidation sites excluding steroid dienone is 4. The number of carbonyl (C=O) groups is 2. The van der Waals surface area contributed by atoms with Crippen molar-refractivity contribution in [3.8, 4) is 0 Å². The summed E-state index contributed by atoms with van der Waals surface area (Å²) in [7, 11) is 0. The fourth-order valence-electron chi connectivity index (χ4n) is 23.7. The molecule has 0 radical (unpaired) electrons. The third kappa shape index (κ3) is 10.3. The number of aromatic amines is 2. The summed E-state index contributed by atoms with van der Waals surface area (Å²) in [4.78, 5) is 29.0. The zero-order chi connectivity index (χ0) is 64.2. The van der Waals surface area contributed by atoms with Crippen LogP contribution in [0.2, 0.25) is 0 Å². The molecule has 10 aliphatic carbocycles. The van der Waals surface area contributed by atoms with Gasteiger partial charge >= 0.3 is 50.5 Å². The average Bonchev–Trinajstić information content (AvgIpc) is 0.790. The summed E-state index contributed by atoms with van der Waals surface area (Å²) in [6, 6.07) is 0. The first-order valence-corrected chi connectivity index (χ1v) is 47.1. The number of H-pyrrole nitrogens is 2. The summed E-state index contributed by atoms with van der Waals surface area (Å²) in [5.41, 5.74) is 29.4. The molecule has 0 aromatic carbocycles. The number of fused-ring (bicyclic) bond motifs is 16. The number of carbonyl (C=O) groups excluding carboxylic acids is 2. The van der Waals surface area contributed by atoms with E-state index < -0.39 is 0 Å². The quantitative estimate of drug-likeness (QED) is 0.0667. The Morgan fingerprint density at radius 3 is 1.40 bits per heavy atom. The maximum Gasteiger partial charge on any atom is 0.101 e. The van der Waals surface area contributed by atoms with Crippen molar-refractivity contribution in [3.63, 3.8) is 0 Å². The molecular formula is C71H104ClI3N9O2S2-. The average molecular weight is 1600 g/mol. The number of rotatable bonds is 4. The van der Waals surface area contributed by atoms with Crippen molar-refractivity contribution >= 4 is 106 Å². The molecule has 6 unspecified atom stereocenters. The van der Waals surface area contributed by atoms with E-state index in [1.54, 1.807) is 17.2 Å². The molecule has 14 atom stereocenters. The van der Waals surface area contributed by atoms with Gasteiger partial charge in [0.1, 0.15) is 22.4 Å². The van der Waals surface area contributed by atoms with Crippen LogP contribution in [0.4, 0.5) is 11.6 Å². The SMILES string of the molecule is CC1(C)CC[C@]2(C(=O)CC3=CC(=S)NC3)CC[C@]3(C)C(=CCC4[C@@]5(C)Cc6c(N)n[nH]c6C(C)(C)C5CC[C@]43C)C2C1.CC1(C)CC[C@]2(C(=O)Cl)CC[C@]3(C)C(=CCC4[C@@]5(C)Cc6c(N)n[nH]c6C(C)(C)C5CC[C@]43C)C2C1.I[I-]I.NC1=CC(=S)NC1. The molecule has 0 spiro atoms. The topological polar surface area (TPSA) is 194 Å². The number of halogens is 4. The molecule has 17 heteroatoms. The van der Waals surface area contributed by atoms with E-state index in [9.17, 15) is 9.59 Å². The van der Waals surface area contributed by atoms with Crippen LogP contribution in [-0.2, 0) is 33.3 Å². The number of Topliss-reactive ketones (excluding diaryl/α,β-unsaturated/α-hetero) is 1. The van der Waals surface area contributed by atoms with E-state index >= 15 is 0 Å². The summed E-state index contributed by atoms with van der Waals surface area (Å²) in [6.07, 6.45) is 29.4. The Morgan fingerprint density at radius 2 is 1.00 bits per heavy atom. The second-order valence-electron chi connectivity index (χ2n) is 34.3. The molecule has 0 amide bonds. The molecule has 4 heterocycles. The summed E-state index contributed by atoms with van der Waals surface area (Å²) in [5, 5.41) is 21.7. The Kier molecular flexibility index (Phi) is 17.8. The van der Waals surface area contributed by atoms with Crippen molar-refractivity contribution in [2.75, 3.05) is 24.6 Å². The van der Waals surface area contributed by atoms with Crippen LogP contribution in [0.15, 0.2) is 46.7 Å².